The first-order valence-electron chi connectivity index (χ1n) is 8.45. The minimum Gasteiger partial charge on any atom is -0.463 e. The first-order valence-corrected chi connectivity index (χ1v) is 9.24. The standard InChI is InChI=1S/C19H14BrF3N4O/c1-10-12-7-3-2-5-11(12)6-4-8-28-18-26-16-14(17(25-10)27-18)15(19(21,22)23)13(20)9-24-16/h2-3,5,7,9H,1,4,6,8H2,(H,24,25,26,27). The van der Waals surface area contributed by atoms with Crippen LogP contribution in [0.15, 0.2) is 41.5 Å². The quantitative estimate of drug-likeness (QED) is 0.509. The summed E-state index contributed by atoms with van der Waals surface area (Å²) in [5.41, 5.74) is 1.27. The predicted molar refractivity (Wildman–Crippen MR) is 103 cm³/mol. The van der Waals surface area contributed by atoms with E-state index < -0.39 is 11.7 Å². The van der Waals surface area contributed by atoms with Crippen LogP contribution in [0, 0.1) is 0 Å². The summed E-state index contributed by atoms with van der Waals surface area (Å²) in [6.45, 7) is 4.34. The lowest BCUT2D eigenvalue weighted by atomic mass is 10.0. The summed E-state index contributed by atoms with van der Waals surface area (Å²) in [6.07, 6.45) is -2.13. The molecule has 9 heteroatoms. The molecule has 0 aliphatic carbocycles. The van der Waals surface area contributed by atoms with Crippen molar-refractivity contribution in [2.24, 2.45) is 0 Å². The number of anilines is 1. The molecule has 2 aromatic heterocycles. The molecule has 0 radical (unpaired) electrons. The average Bonchev–Trinajstić information content (AvgIpc) is 2.66. The molecule has 3 heterocycles. The Labute approximate surface area is 166 Å². The van der Waals surface area contributed by atoms with Crippen LogP contribution in [-0.4, -0.2) is 21.6 Å². The Bertz CT molecular complexity index is 1080. The van der Waals surface area contributed by atoms with Gasteiger partial charge in [0.05, 0.1) is 17.6 Å². The van der Waals surface area contributed by atoms with Crippen LogP contribution in [-0.2, 0) is 12.6 Å². The summed E-state index contributed by atoms with van der Waals surface area (Å²) in [5, 5.41) is 2.69. The number of fused-ring (bicyclic) bond motifs is 5. The summed E-state index contributed by atoms with van der Waals surface area (Å²) in [6, 6.07) is 7.55. The minimum atomic E-state index is -4.63. The van der Waals surface area contributed by atoms with Crippen molar-refractivity contribution >= 4 is 38.5 Å². The molecule has 0 unspecified atom stereocenters. The molecule has 0 fully saturated rings. The van der Waals surface area contributed by atoms with Gasteiger partial charge in [-0.25, -0.2) is 4.98 Å². The predicted octanol–water partition coefficient (Wildman–Crippen LogP) is 5.21. The summed E-state index contributed by atoms with van der Waals surface area (Å²) in [5.74, 6) is -0.0529. The van der Waals surface area contributed by atoms with Gasteiger partial charge < -0.3 is 10.1 Å². The van der Waals surface area contributed by atoms with E-state index >= 15 is 0 Å². The second-order valence-corrected chi connectivity index (χ2v) is 7.10. The summed E-state index contributed by atoms with van der Waals surface area (Å²) >= 11 is 2.95. The fourth-order valence-electron chi connectivity index (χ4n) is 3.16. The number of benzene rings is 1. The zero-order valence-corrected chi connectivity index (χ0v) is 16.1. The van der Waals surface area contributed by atoms with Gasteiger partial charge in [0.1, 0.15) is 5.82 Å². The molecule has 144 valence electrons. The Balaban J connectivity index is 1.96. The van der Waals surface area contributed by atoms with E-state index in [1.54, 1.807) is 0 Å². The van der Waals surface area contributed by atoms with Crippen molar-refractivity contribution in [3.63, 3.8) is 0 Å². The van der Waals surface area contributed by atoms with Crippen LogP contribution in [0.5, 0.6) is 6.01 Å². The van der Waals surface area contributed by atoms with E-state index in [4.69, 9.17) is 4.74 Å². The molecule has 0 saturated heterocycles. The molecule has 4 rings (SSSR count). The zero-order valence-electron chi connectivity index (χ0n) is 14.5. The van der Waals surface area contributed by atoms with Crippen LogP contribution >= 0.6 is 15.9 Å². The van der Waals surface area contributed by atoms with Gasteiger partial charge in [-0.05, 0) is 34.3 Å². The van der Waals surface area contributed by atoms with Crippen molar-refractivity contribution < 1.29 is 17.9 Å². The Kier molecular flexibility index (Phi) is 4.70. The van der Waals surface area contributed by atoms with Gasteiger partial charge in [0.25, 0.3) is 0 Å². The Morgan fingerprint density at radius 1 is 1.18 bits per heavy atom. The molecule has 1 N–H and O–H groups in total. The fraction of sp³-hybridized carbons (Fsp3) is 0.211. The van der Waals surface area contributed by atoms with Crippen LogP contribution in [0.25, 0.3) is 16.7 Å². The van der Waals surface area contributed by atoms with Crippen molar-refractivity contribution in [1.82, 2.24) is 15.0 Å². The van der Waals surface area contributed by atoms with Crippen LogP contribution in [0.3, 0.4) is 0 Å². The van der Waals surface area contributed by atoms with E-state index in [0.29, 0.717) is 18.7 Å². The number of hydrogen-bond donors (Lipinski definition) is 1. The minimum absolute atomic E-state index is 0.0308. The molecule has 0 spiro atoms. The number of hydrogen-bond acceptors (Lipinski definition) is 5. The Morgan fingerprint density at radius 2 is 1.96 bits per heavy atom. The maximum atomic E-state index is 13.7. The van der Waals surface area contributed by atoms with E-state index in [1.807, 2.05) is 24.3 Å². The van der Waals surface area contributed by atoms with Crippen LogP contribution < -0.4 is 10.1 Å². The largest absolute Gasteiger partial charge is 0.463 e. The molecule has 5 nitrogen and oxygen atoms in total. The number of nitrogens with one attached hydrogen (secondary N) is 1. The molecule has 0 saturated carbocycles. The number of aromatic nitrogens is 3. The molecular formula is C19H14BrF3N4O. The molecule has 1 aromatic carbocycles. The van der Waals surface area contributed by atoms with Crippen molar-refractivity contribution in [3.05, 3.63) is 58.2 Å². The van der Waals surface area contributed by atoms with E-state index in [0.717, 1.165) is 23.7 Å². The van der Waals surface area contributed by atoms with Gasteiger partial charge >= 0.3 is 12.2 Å². The Morgan fingerprint density at radius 3 is 2.75 bits per heavy atom. The second-order valence-electron chi connectivity index (χ2n) is 6.25. The topological polar surface area (TPSA) is 59.9 Å². The third-order valence-electron chi connectivity index (χ3n) is 4.38. The molecule has 1 aliphatic rings. The average molecular weight is 451 g/mol. The highest BCUT2D eigenvalue weighted by Gasteiger charge is 2.37. The fourth-order valence-corrected chi connectivity index (χ4v) is 3.68. The molecule has 0 atom stereocenters. The molecule has 2 bridgehead atoms. The van der Waals surface area contributed by atoms with Crippen LogP contribution in [0.4, 0.5) is 19.0 Å². The van der Waals surface area contributed by atoms with Gasteiger partial charge in [0.2, 0.25) is 0 Å². The first-order chi connectivity index (χ1) is 13.3. The Hall–Kier alpha value is -2.68. The number of nitrogens with zero attached hydrogens (tertiary/aromatic N) is 3. The van der Waals surface area contributed by atoms with E-state index in [-0.39, 0.29) is 27.3 Å². The lowest BCUT2D eigenvalue weighted by molar-refractivity contribution is -0.136. The first kappa shape index (κ1) is 18.7. The number of pyridine rings is 1. The van der Waals surface area contributed by atoms with E-state index in [9.17, 15) is 13.2 Å². The van der Waals surface area contributed by atoms with Gasteiger partial charge in [-0.15, -0.1) is 0 Å². The van der Waals surface area contributed by atoms with Crippen molar-refractivity contribution in [1.29, 1.82) is 0 Å². The molecule has 0 amide bonds. The normalized spacial score (nSPS) is 14.6. The summed E-state index contributed by atoms with van der Waals surface area (Å²) in [7, 11) is 0. The van der Waals surface area contributed by atoms with Crippen LogP contribution in [0.2, 0.25) is 0 Å². The van der Waals surface area contributed by atoms with Crippen molar-refractivity contribution in [2.45, 2.75) is 19.0 Å². The summed E-state index contributed by atoms with van der Waals surface area (Å²) in [4.78, 5) is 12.3. The second kappa shape index (κ2) is 7.05. The molecule has 1 aliphatic heterocycles. The molecule has 28 heavy (non-hydrogen) atoms. The van der Waals surface area contributed by atoms with Gasteiger partial charge in [-0.2, -0.15) is 23.1 Å². The van der Waals surface area contributed by atoms with Crippen LogP contribution in [0.1, 0.15) is 23.1 Å². The molecular weight excluding hydrogens is 437 g/mol. The van der Waals surface area contributed by atoms with E-state index in [1.165, 1.54) is 0 Å². The number of rotatable bonds is 0. The number of alkyl halides is 3. The third kappa shape index (κ3) is 3.42. The van der Waals surface area contributed by atoms with Gasteiger partial charge in [0, 0.05) is 21.9 Å². The van der Waals surface area contributed by atoms with Gasteiger partial charge in [0.15, 0.2) is 5.65 Å². The maximum Gasteiger partial charge on any atom is 0.418 e. The number of halogens is 4. The SMILES string of the molecule is C=C1Nc2nc(nc3ncc(Br)c(C(F)(F)F)c23)OCCCc2ccccc21. The lowest BCUT2D eigenvalue weighted by Crippen LogP contribution is -2.12. The summed E-state index contributed by atoms with van der Waals surface area (Å²) < 4.78 is 46.6. The maximum absolute atomic E-state index is 13.7. The lowest BCUT2D eigenvalue weighted by Gasteiger charge is -2.17. The van der Waals surface area contributed by atoms with Crippen molar-refractivity contribution in [2.75, 3.05) is 11.9 Å². The number of aryl methyl sites for hydroxylation is 1. The zero-order chi connectivity index (χ0) is 19.9. The van der Waals surface area contributed by atoms with E-state index in [2.05, 4.69) is 42.8 Å². The number of ether oxygens (including phenoxy) is 1. The van der Waals surface area contributed by atoms with Gasteiger partial charge in [-0.3, -0.25) is 0 Å². The highest BCUT2D eigenvalue weighted by atomic mass is 79.9. The van der Waals surface area contributed by atoms with Gasteiger partial charge in [-0.1, -0.05) is 30.8 Å². The van der Waals surface area contributed by atoms with Crippen molar-refractivity contribution in [3.8, 4) is 6.01 Å². The molecule has 3 aromatic rings. The highest BCUT2D eigenvalue weighted by molar-refractivity contribution is 9.10. The smallest absolute Gasteiger partial charge is 0.418 e. The third-order valence-corrected chi connectivity index (χ3v) is 4.98. The highest BCUT2D eigenvalue weighted by Crippen LogP contribution is 2.42. The monoisotopic (exact) mass is 450 g/mol.